The monoisotopic (exact) mass is 361 g/mol. The highest BCUT2D eigenvalue weighted by Crippen LogP contribution is 2.26. The Morgan fingerprint density at radius 3 is 2.64 bits per heavy atom. The number of nitrogens with zero attached hydrogens (tertiary/aromatic N) is 3. The smallest absolute Gasteiger partial charge is 0.274 e. The molecule has 2 saturated heterocycles. The summed E-state index contributed by atoms with van der Waals surface area (Å²) in [5.41, 5.74) is 1.28. The van der Waals surface area contributed by atoms with Crippen LogP contribution in [0.25, 0.3) is 5.69 Å². The highest BCUT2D eigenvalue weighted by Gasteiger charge is 2.32. The Morgan fingerprint density at radius 1 is 1.16 bits per heavy atom. The molecule has 132 valence electrons. The van der Waals surface area contributed by atoms with Gasteiger partial charge in [-0.1, -0.05) is 17.7 Å². The van der Waals surface area contributed by atoms with E-state index in [9.17, 15) is 4.79 Å². The van der Waals surface area contributed by atoms with Crippen LogP contribution in [-0.4, -0.2) is 53.2 Å². The van der Waals surface area contributed by atoms with E-state index in [-0.39, 0.29) is 12.2 Å². The van der Waals surface area contributed by atoms with Crippen LogP contribution in [0.3, 0.4) is 0 Å². The Labute approximate surface area is 151 Å². The third-order valence-electron chi connectivity index (χ3n) is 4.74. The van der Waals surface area contributed by atoms with E-state index in [4.69, 9.17) is 21.1 Å². The molecule has 2 aromatic rings. The zero-order valence-electron chi connectivity index (χ0n) is 13.8. The quantitative estimate of drug-likeness (QED) is 0.843. The summed E-state index contributed by atoms with van der Waals surface area (Å²) in [6.07, 6.45) is 3.47. The molecule has 0 atom stereocenters. The fourth-order valence-corrected chi connectivity index (χ4v) is 3.57. The molecule has 1 aromatic heterocycles. The lowest BCUT2D eigenvalue weighted by Gasteiger charge is -2.33. The lowest BCUT2D eigenvalue weighted by molar-refractivity contribution is -0.0956. The molecule has 0 N–H and O–H groups in total. The van der Waals surface area contributed by atoms with Gasteiger partial charge in [0.25, 0.3) is 5.91 Å². The zero-order valence-corrected chi connectivity index (χ0v) is 14.6. The molecule has 3 heterocycles. The van der Waals surface area contributed by atoms with Crippen LogP contribution in [-0.2, 0) is 9.47 Å². The number of carbonyl (C=O) groups excluding carboxylic acids is 1. The molecule has 0 unspecified atom stereocenters. The number of piperidine rings is 1. The molecule has 2 fully saturated rings. The SMILES string of the molecule is O=C(c1ccn(-c2cccc(Cl)c2)n1)N1CCC(C2OCCO2)CC1. The van der Waals surface area contributed by atoms with E-state index in [2.05, 4.69) is 5.10 Å². The molecule has 4 rings (SSSR count). The van der Waals surface area contributed by atoms with Gasteiger partial charge in [0, 0.05) is 30.2 Å². The van der Waals surface area contributed by atoms with Crippen LogP contribution in [0.5, 0.6) is 0 Å². The van der Waals surface area contributed by atoms with Crippen molar-refractivity contribution < 1.29 is 14.3 Å². The third-order valence-corrected chi connectivity index (χ3v) is 4.98. The minimum Gasteiger partial charge on any atom is -0.350 e. The number of likely N-dealkylation sites (tertiary alicyclic amines) is 1. The first-order chi connectivity index (χ1) is 12.2. The van der Waals surface area contributed by atoms with Crippen LogP contribution in [0.4, 0.5) is 0 Å². The Hall–Kier alpha value is -1.89. The first-order valence-electron chi connectivity index (χ1n) is 8.55. The summed E-state index contributed by atoms with van der Waals surface area (Å²) in [5.74, 6) is 0.336. The minimum atomic E-state index is -0.0979. The second-order valence-corrected chi connectivity index (χ2v) is 6.80. The van der Waals surface area contributed by atoms with Crippen molar-refractivity contribution in [2.75, 3.05) is 26.3 Å². The molecule has 0 aliphatic carbocycles. The Balaban J connectivity index is 1.40. The van der Waals surface area contributed by atoms with Gasteiger partial charge in [-0.2, -0.15) is 5.10 Å². The van der Waals surface area contributed by atoms with Gasteiger partial charge in [-0.3, -0.25) is 4.79 Å². The van der Waals surface area contributed by atoms with Crippen molar-refractivity contribution in [2.24, 2.45) is 5.92 Å². The van der Waals surface area contributed by atoms with Crippen LogP contribution >= 0.6 is 11.6 Å². The van der Waals surface area contributed by atoms with E-state index in [0.717, 1.165) is 18.5 Å². The van der Waals surface area contributed by atoms with Crippen molar-refractivity contribution in [3.8, 4) is 5.69 Å². The molecule has 1 aromatic carbocycles. The second-order valence-electron chi connectivity index (χ2n) is 6.37. The fourth-order valence-electron chi connectivity index (χ4n) is 3.39. The Morgan fingerprint density at radius 2 is 1.92 bits per heavy atom. The van der Waals surface area contributed by atoms with E-state index < -0.39 is 0 Å². The maximum atomic E-state index is 12.7. The van der Waals surface area contributed by atoms with Gasteiger partial charge < -0.3 is 14.4 Å². The number of carbonyl (C=O) groups is 1. The van der Waals surface area contributed by atoms with Gasteiger partial charge in [-0.05, 0) is 37.1 Å². The number of halogens is 1. The van der Waals surface area contributed by atoms with Crippen LogP contribution in [0.1, 0.15) is 23.3 Å². The molecule has 0 saturated carbocycles. The number of benzene rings is 1. The normalized spacial score (nSPS) is 19.5. The molecule has 25 heavy (non-hydrogen) atoms. The number of rotatable bonds is 3. The maximum Gasteiger partial charge on any atom is 0.274 e. The molecule has 0 bridgehead atoms. The van der Waals surface area contributed by atoms with Gasteiger partial charge >= 0.3 is 0 Å². The van der Waals surface area contributed by atoms with Crippen molar-refractivity contribution in [1.82, 2.24) is 14.7 Å². The summed E-state index contributed by atoms with van der Waals surface area (Å²) >= 11 is 6.02. The number of amides is 1. The molecule has 0 radical (unpaired) electrons. The van der Waals surface area contributed by atoms with E-state index >= 15 is 0 Å². The summed E-state index contributed by atoms with van der Waals surface area (Å²) in [7, 11) is 0. The molecule has 1 amide bonds. The van der Waals surface area contributed by atoms with Crippen molar-refractivity contribution in [3.05, 3.63) is 47.2 Å². The van der Waals surface area contributed by atoms with Crippen molar-refractivity contribution >= 4 is 17.5 Å². The average Bonchev–Trinajstić information content (AvgIpc) is 3.33. The van der Waals surface area contributed by atoms with Crippen molar-refractivity contribution in [2.45, 2.75) is 19.1 Å². The van der Waals surface area contributed by atoms with Crippen molar-refractivity contribution in [3.63, 3.8) is 0 Å². The summed E-state index contributed by atoms with van der Waals surface area (Å²) in [6, 6.07) is 9.13. The minimum absolute atomic E-state index is 0.0347. The van der Waals surface area contributed by atoms with Gasteiger partial charge in [-0.15, -0.1) is 0 Å². The first-order valence-corrected chi connectivity index (χ1v) is 8.92. The van der Waals surface area contributed by atoms with E-state index in [1.54, 1.807) is 16.9 Å². The highest BCUT2D eigenvalue weighted by molar-refractivity contribution is 6.30. The largest absolute Gasteiger partial charge is 0.350 e. The molecule has 0 spiro atoms. The molecule has 2 aliphatic heterocycles. The molecular formula is C18H20ClN3O3. The highest BCUT2D eigenvalue weighted by atomic mass is 35.5. The summed E-state index contributed by atoms with van der Waals surface area (Å²) in [4.78, 5) is 14.6. The average molecular weight is 362 g/mol. The van der Waals surface area contributed by atoms with Crippen LogP contribution in [0, 0.1) is 5.92 Å². The van der Waals surface area contributed by atoms with E-state index in [1.165, 1.54) is 0 Å². The van der Waals surface area contributed by atoms with Gasteiger partial charge in [0.05, 0.1) is 18.9 Å². The van der Waals surface area contributed by atoms with Gasteiger partial charge in [-0.25, -0.2) is 4.68 Å². The maximum absolute atomic E-state index is 12.7. The van der Waals surface area contributed by atoms with Gasteiger partial charge in [0.1, 0.15) is 0 Å². The number of hydrogen-bond acceptors (Lipinski definition) is 4. The molecule has 6 nitrogen and oxygen atoms in total. The number of aromatic nitrogens is 2. The van der Waals surface area contributed by atoms with E-state index in [1.807, 2.05) is 29.2 Å². The number of ether oxygens (including phenoxy) is 2. The van der Waals surface area contributed by atoms with Crippen LogP contribution in [0.15, 0.2) is 36.5 Å². The van der Waals surface area contributed by atoms with Gasteiger partial charge in [0.2, 0.25) is 0 Å². The summed E-state index contributed by atoms with van der Waals surface area (Å²) < 4.78 is 12.8. The summed E-state index contributed by atoms with van der Waals surface area (Å²) in [6.45, 7) is 2.75. The predicted octanol–water partition coefficient (Wildman–Crippen LogP) is 2.75. The second kappa shape index (κ2) is 7.15. The Kier molecular flexibility index (Phi) is 4.74. The lowest BCUT2D eigenvalue weighted by atomic mass is 9.96. The Bertz CT molecular complexity index is 750. The topological polar surface area (TPSA) is 56.6 Å². The zero-order chi connectivity index (χ0) is 17.2. The third kappa shape index (κ3) is 3.56. The lowest BCUT2D eigenvalue weighted by Crippen LogP contribution is -2.41. The predicted molar refractivity (Wildman–Crippen MR) is 92.9 cm³/mol. The number of hydrogen-bond donors (Lipinski definition) is 0. The summed E-state index contributed by atoms with van der Waals surface area (Å²) in [5, 5.41) is 5.05. The molecular weight excluding hydrogens is 342 g/mol. The molecule has 2 aliphatic rings. The van der Waals surface area contributed by atoms with Crippen molar-refractivity contribution in [1.29, 1.82) is 0 Å². The first kappa shape index (κ1) is 16.6. The fraction of sp³-hybridized carbons (Fsp3) is 0.444. The van der Waals surface area contributed by atoms with Gasteiger partial charge in [0.15, 0.2) is 12.0 Å². The standard InChI is InChI=1S/C18H20ClN3O3/c19-14-2-1-3-15(12-14)22-9-6-16(20-22)17(23)21-7-4-13(5-8-21)18-24-10-11-25-18/h1-3,6,9,12-13,18H,4-5,7-8,10-11H2. The van der Waals surface area contributed by atoms with E-state index in [0.29, 0.717) is 42.9 Å². The van der Waals surface area contributed by atoms with Crippen LogP contribution < -0.4 is 0 Å². The van der Waals surface area contributed by atoms with Crippen LogP contribution in [0.2, 0.25) is 5.02 Å². The molecule has 7 heteroatoms.